The zero-order valence-electron chi connectivity index (χ0n) is 12.1. The molecular formula is C14H25NO3S. The van der Waals surface area contributed by atoms with Crippen molar-refractivity contribution in [1.82, 2.24) is 4.90 Å². The highest BCUT2D eigenvalue weighted by atomic mass is 32.2. The number of carbonyl (C=O) groups excluding carboxylic acids is 1. The molecule has 0 saturated carbocycles. The molecule has 0 radical (unpaired) electrons. The van der Waals surface area contributed by atoms with Crippen molar-refractivity contribution >= 4 is 23.6 Å². The molecule has 1 atom stereocenters. The Hall–Kier alpha value is -0.710. The van der Waals surface area contributed by atoms with Crippen LogP contribution in [0.15, 0.2) is 0 Å². The monoisotopic (exact) mass is 287 g/mol. The van der Waals surface area contributed by atoms with Crippen molar-refractivity contribution < 1.29 is 14.7 Å². The average Bonchev–Trinajstić information content (AvgIpc) is 2.52. The first-order chi connectivity index (χ1) is 8.80. The molecular weight excluding hydrogens is 262 g/mol. The van der Waals surface area contributed by atoms with Crippen LogP contribution in [0, 0.1) is 11.3 Å². The minimum atomic E-state index is -0.860. The Labute approximate surface area is 119 Å². The Morgan fingerprint density at radius 3 is 2.47 bits per heavy atom. The van der Waals surface area contributed by atoms with Crippen LogP contribution < -0.4 is 0 Å². The van der Waals surface area contributed by atoms with Gasteiger partial charge in [0.1, 0.15) is 0 Å². The van der Waals surface area contributed by atoms with Gasteiger partial charge in [-0.1, -0.05) is 20.8 Å². The summed E-state index contributed by atoms with van der Waals surface area (Å²) in [6.07, 6.45) is 3.28. The second-order valence-electron chi connectivity index (χ2n) is 6.26. The van der Waals surface area contributed by atoms with Crippen LogP contribution in [0.25, 0.3) is 0 Å². The molecule has 1 heterocycles. The van der Waals surface area contributed by atoms with Crippen LogP contribution >= 0.6 is 11.8 Å². The van der Waals surface area contributed by atoms with E-state index >= 15 is 0 Å². The molecule has 4 nitrogen and oxygen atoms in total. The van der Waals surface area contributed by atoms with Crippen molar-refractivity contribution in [3.8, 4) is 0 Å². The maximum Gasteiger partial charge on any atom is 0.313 e. The summed E-state index contributed by atoms with van der Waals surface area (Å²) in [6, 6.07) is 0. The molecule has 19 heavy (non-hydrogen) atoms. The predicted octanol–water partition coefficient (Wildman–Crippen LogP) is 2.48. The largest absolute Gasteiger partial charge is 0.481 e. The molecule has 1 fully saturated rings. The van der Waals surface area contributed by atoms with Gasteiger partial charge in [0.15, 0.2) is 0 Å². The molecule has 1 saturated heterocycles. The highest BCUT2D eigenvalue weighted by Crippen LogP contribution is 2.34. The van der Waals surface area contributed by atoms with Gasteiger partial charge in [-0.2, -0.15) is 0 Å². The lowest BCUT2D eigenvalue weighted by atomic mass is 9.77. The number of amides is 1. The topological polar surface area (TPSA) is 57.6 Å². The molecule has 0 spiro atoms. The van der Waals surface area contributed by atoms with Gasteiger partial charge in [0, 0.05) is 13.1 Å². The van der Waals surface area contributed by atoms with Gasteiger partial charge in [-0.3, -0.25) is 9.59 Å². The van der Waals surface area contributed by atoms with Crippen LogP contribution in [0.5, 0.6) is 0 Å². The first-order valence-electron chi connectivity index (χ1n) is 6.88. The van der Waals surface area contributed by atoms with Crippen LogP contribution in [0.4, 0.5) is 0 Å². The summed E-state index contributed by atoms with van der Waals surface area (Å²) in [5.74, 6) is 0.177. The van der Waals surface area contributed by atoms with E-state index in [9.17, 15) is 9.59 Å². The highest BCUT2D eigenvalue weighted by molar-refractivity contribution is 8.00. The summed E-state index contributed by atoms with van der Waals surface area (Å²) in [7, 11) is 0. The van der Waals surface area contributed by atoms with Crippen molar-refractivity contribution in [2.45, 2.75) is 40.0 Å². The molecule has 0 bridgehead atoms. The van der Waals surface area contributed by atoms with Gasteiger partial charge in [0.05, 0.1) is 11.5 Å². The fourth-order valence-corrected chi connectivity index (χ4v) is 3.16. The van der Waals surface area contributed by atoms with E-state index in [1.54, 1.807) is 0 Å². The number of nitrogens with zero attached hydrogens (tertiary/aromatic N) is 1. The van der Waals surface area contributed by atoms with Crippen LogP contribution in [-0.2, 0) is 9.59 Å². The second-order valence-corrected chi connectivity index (χ2v) is 7.25. The molecule has 110 valence electrons. The summed E-state index contributed by atoms with van der Waals surface area (Å²) < 4.78 is 0. The van der Waals surface area contributed by atoms with E-state index in [4.69, 9.17) is 5.11 Å². The lowest BCUT2D eigenvalue weighted by Crippen LogP contribution is -2.34. The number of rotatable bonds is 4. The fourth-order valence-electron chi connectivity index (χ4n) is 2.53. The Balaban J connectivity index is 2.39. The van der Waals surface area contributed by atoms with Crippen molar-refractivity contribution in [3.05, 3.63) is 0 Å². The normalized spacial score (nSPS) is 21.0. The molecule has 0 aromatic carbocycles. The van der Waals surface area contributed by atoms with Gasteiger partial charge in [-0.25, -0.2) is 0 Å². The average molecular weight is 287 g/mol. The fraction of sp³-hybridized carbons (Fsp3) is 0.857. The molecule has 1 rings (SSSR count). The van der Waals surface area contributed by atoms with Crippen LogP contribution in [0.3, 0.4) is 0 Å². The van der Waals surface area contributed by atoms with Gasteiger partial charge < -0.3 is 10.0 Å². The second kappa shape index (κ2) is 7.17. The van der Waals surface area contributed by atoms with Crippen molar-refractivity contribution in [2.24, 2.45) is 11.3 Å². The zero-order valence-corrected chi connectivity index (χ0v) is 13.0. The maximum absolute atomic E-state index is 12.0. The maximum atomic E-state index is 12.0. The SMILES string of the molecule is CC(C)(C)C1CCCN(C(=O)CSCC(=O)O)CC1. The summed E-state index contributed by atoms with van der Waals surface area (Å²) >= 11 is 1.19. The number of thioether (sulfide) groups is 1. The number of carboxylic acid groups (broad SMARTS) is 1. The number of carbonyl (C=O) groups is 2. The third kappa shape index (κ3) is 5.85. The minimum Gasteiger partial charge on any atom is -0.481 e. The molecule has 0 aromatic rings. The lowest BCUT2D eigenvalue weighted by Gasteiger charge is -2.29. The highest BCUT2D eigenvalue weighted by Gasteiger charge is 2.28. The van der Waals surface area contributed by atoms with E-state index in [0.717, 1.165) is 25.9 Å². The van der Waals surface area contributed by atoms with E-state index in [1.807, 2.05) is 4.90 Å². The lowest BCUT2D eigenvalue weighted by molar-refractivity contribution is -0.133. The number of likely N-dealkylation sites (tertiary alicyclic amines) is 1. The third-order valence-electron chi connectivity index (χ3n) is 3.76. The van der Waals surface area contributed by atoms with Crippen LogP contribution in [0.2, 0.25) is 0 Å². The number of hydrogen-bond donors (Lipinski definition) is 1. The first kappa shape index (κ1) is 16.3. The van der Waals surface area contributed by atoms with E-state index in [2.05, 4.69) is 20.8 Å². The Kier molecular flexibility index (Phi) is 6.17. The van der Waals surface area contributed by atoms with Crippen molar-refractivity contribution in [3.63, 3.8) is 0 Å². The standard InChI is InChI=1S/C14H25NO3S/c1-14(2,3)11-5-4-7-15(8-6-11)12(16)9-19-10-13(17)18/h11H,4-10H2,1-3H3,(H,17,18). The molecule has 1 unspecified atom stereocenters. The van der Waals surface area contributed by atoms with Crippen LogP contribution in [0.1, 0.15) is 40.0 Å². The van der Waals surface area contributed by atoms with Crippen LogP contribution in [-0.4, -0.2) is 46.5 Å². The Morgan fingerprint density at radius 2 is 1.89 bits per heavy atom. The van der Waals surface area contributed by atoms with E-state index in [1.165, 1.54) is 18.2 Å². The summed E-state index contributed by atoms with van der Waals surface area (Å²) in [4.78, 5) is 24.3. The van der Waals surface area contributed by atoms with Gasteiger partial charge in [-0.15, -0.1) is 11.8 Å². The van der Waals surface area contributed by atoms with E-state index in [-0.39, 0.29) is 17.4 Å². The number of carboxylic acids is 1. The number of aliphatic carboxylic acids is 1. The minimum absolute atomic E-state index is 0.00416. The molecule has 1 N–H and O–H groups in total. The summed E-state index contributed by atoms with van der Waals surface area (Å²) in [5, 5.41) is 8.56. The molecule has 1 aliphatic heterocycles. The van der Waals surface area contributed by atoms with E-state index in [0.29, 0.717) is 11.3 Å². The Morgan fingerprint density at radius 1 is 1.21 bits per heavy atom. The zero-order chi connectivity index (χ0) is 14.5. The third-order valence-corrected chi connectivity index (χ3v) is 4.66. The first-order valence-corrected chi connectivity index (χ1v) is 8.03. The summed E-state index contributed by atoms with van der Waals surface area (Å²) in [6.45, 7) is 8.42. The molecule has 0 aliphatic carbocycles. The van der Waals surface area contributed by atoms with Gasteiger partial charge >= 0.3 is 5.97 Å². The van der Waals surface area contributed by atoms with Crippen molar-refractivity contribution in [2.75, 3.05) is 24.6 Å². The smallest absolute Gasteiger partial charge is 0.313 e. The predicted molar refractivity (Wildman–Crippen MR) is 78.3 cm³/mol. The van der Waals surface area contributed by atoms with Gasteiger partial charge in [-0.05, 0) is 30.6 Å². The molecule has 1 amide bonds. The number of hydrogen-bond acceptors (Lipinski definition) is 3. The molecule has 1 aliphatic rings. The quantitative estimate of drug-likeness (QED) is 0.863. The molecule has 5 heteroatoms. The van der Waals surface area contributed by atoms with Crippen molar-refractivity contribution in [1.29, 1.82) is 0 Å². The Bertz CT molecular complexity index is 325. The molecule has 0 aromatic heterocycles. The van der Waals surface area contributed by atoms with E-state index < -0.39 is 5.97 Å². The van der Waals surface area contributed by atoms with Gasteiger partial charge in [0.25, 0.3) is 0 Å². The summed E-state index contributed by atoms with van der Waals surface area (Å²) in [5.41, 5.74) is 0.303. The van der Waals surface area contributed by atoms with Gasteiger partial charge in [0.2, 0.25) is 5.91 Å².